The Morgan fingerprint density at radius 1 is 1.22 bits per heavy atom. The van der Waals surface area contributed by atoms with E-state index in [1.54, 1.807) is 11.8 Å². The highest BCUT2D eigenvalue weighted by molar-refractivity contribution is 7.91. The molecule has 1 unspecified atom stereocenters. The lowest BCUT2D eigenvalue weighted by molar-refractivity contribution is -0.120. The lowest BCUT2D eigenvalue weighted by atomic mass is 9.98. The van der Waals surface area contributed by atoms with E-state index in [9.17, 15) is 22.8 Å². The fourth-order valence-corrected chi connectivity index (χ4v) is 8.75. The van der Waals surface area contributed by atoms with Gasteiger partial charge in [-0.3, -0.25) is 4.79 Å². The number of amides is 2. The van der Waals surface area contributed by atoms with Crippen molar-refractivity contribution in [3.8, 4) is 0 Å². The highest BCUT2D eigenvalue weighted by Gasteiger charge is 2.36. The van der Waals surface area contributed by atoms with Gasteiger partial charge < -0.3 is 19.7 Å². The molecule has 0 spiro atoms. The van der Waals surface area contributed by atoms with Crippen molar-refractivity contribution in [1.29, 1.82) is 0 Å². The van der Waals surface area contributed by atoms with E-state index < -0.39 is 28.0 Å². The van der Waals surface area contributed by atoms with Gasteiger partial charge in [0, 0.05) is 24.5 Å². The van der Waals surface area contributed by atoms with Crippen LogP contribution in [0.2, 0.25) is 4.34 Å². The Morgan fingerprint density at radius 2 is 2.00 bits per heavy atom. The highest BCUT2D eigenvalue weighted by Crippen LogP contribution is 2.38. The minimum absolute atomic E-state index is 0.0268. The largest absolute Gasteiger partial charge is 0.465 e. The maximum atomic E-state index is 13.2. The van der Waals surface area contributed by atoms with Gasteiger partial charge in [-0.05, 0) is 43.9 Å². The average molecular weight is 576 g/mol. The molecule has 14 heteroatoms. The number of halogens is 1. The number of rotatable bonds is 6. The molecule has 10 nitrogen and oxygen atoms in total. The van der Waals surface area contributed by atoms with Crippen LogP contribution in [0.5, 0.6) is 0 Å². The average Bonchev–Trinajstić information content (AvgIpc) is 3.46. The molecule has 0 aliphatic carbocycles. The van der Waals surface area contributed by atoms with Gasteiger partial charge in [0.2, 0.25) is 5.91 Å². The van der Waals surface area contributed by atoms with E-state index in [0.717, 1.165) is 21.8 Å². The molecule has 2 amide bonds. The molecular formula is C22H26ClN3O7S3. The number of nitrogens with one attached hydrogen (secondary N) is 1. The number of nitrogens with zero attached hydrogens (tertiary/aromatic N) is 2. The van der Waals surface area contributed by atoms with Crippen LogP contribution in [0.1, 0.15) is 40.6 Å². The second kappa shape index (κ2) is 11.1. The van der Waals surface area contributed by atoms with Crippen LogP contribution < -0.4 is 5.32 Å². The van der Waals surface area contributed by atoms with E-state index in [1.165, 1.54) is 34.9 Å². The summed E-state index contributed by atoms with van der Waals surface area (Å²) in [4.78, 5) is 40.3. The molecular weight excluding hydrogens is 550 g/mol. The summed E-state index contributed by atoms with van der Waals surface area (Å²) in [5.41, 5.74) is 1.02. The molecule has 2 aromatic rings. The Balaban J connectivity index is 1.53. The first-order valence-electron chi connectivity index (χ1n) is 11.4. The smallest absolute Gasteiger partial charge is 0.410 e. The third-order valence-electron chi connectivity index (χ3n) is 6.11. The first-order valence-corrected chi connectivity index (χ1v) is 14.8. The topological polar surface area (TPSA) is 122 Å². The third kappa shape index (κ3) is 5.40. The van der Waals surface area contributed by atoms with Crippen molar-refractivity contribution < 1.29 is 32.3 Å². The van der Waals surface area contributed by atoms with Crippen LogP contribution in [0.3, 0.4) is 0 Å². The van der Waals surface area contributed by atoms with Gasteiger partial charge in [0.15, 0.2) is 0 Å². The number of methoxy groups -OCH3 is 1. The van der Waals surface area contributed by atoms with Crippen LogP contribution in [0.15, 0.2) is 16.3 Å². The van der Waals surface area contributed by atoms with Crippen LogP contribution in [0.4, 0.5) is 9.80 Å². The van der Waals surface area contributed by atoms with Crippen molar-refractivity contribution in [1.82, 2.24) is 9.21 Å². The van der Waals surface area contributed by atoms with Crippen molar-refractivity contribution in [3.05, 3.63) is 32.5 Å². The molecule has 0 radical (unpaired) electrons. The van der Waals surface area contributed by atoms with E-state index in [1.807, 2.05) is 0 Å². The van der Waals surface area contributed by atoms with Gasteiger partial charge in [-0.15, -0.1) is 22.7 Å². The third-order valence-corrected chi connectivity index (χ3v) is 10.8. The van der Waals surface area contributed by atoms with Gasteiger partial charge in [-0.25, -0.2) is 18.0 Å². The standard InChI is InChI=1S/C22H26ClN3O7S3/c1-3-33-22(29)25-10-8-14-15(12-25)34-20(18(14)21(28)32-2)24-19(27)13-5-4-9-26(11-13)36(30,31)17-7-6-16(23)35-17/h6-7,13H,3-5,8-12H2,1-2H3,(H,24,27). The summed E-state index contributed by atoms with van der Waals surface area (Å²) >= 11 is 8.11. The van der Waals surface area contributed by atoms with Crippen molar-refractivity contribution in [2.75, 3.05) is 38.7 Å². The number of hydrogen-bond donors (Lipinski definition) is 1. The van der Waals surface area contributed by atoms with Gasteiger partial charge in [-0.1, -0.05) is 11.6 Å². The number of thiophene rings is 2. The SMILES string of the molecule is CCOC(=O)N1CCc2c(sc(NC(=O)C3CCCN(S(=O)(=O)c4ccc(Cl)s4)C3)c2C(=O)OC)C1. The highest BCUT2D eigenvalue weighted by atomic mass is 35.5. The maximum absolute atomic E-state index is 13.2. The fraction of sp³-hybridized carbons (Fsp3) is 0.500. The van der Waals surface area contributed by atoms with Gasteiger partial charge >= 0.3 is 12.1 Å². The van der Waals surface area contributed by atoms with E-state index in [4.69, 9.17) is 21.1 Å². The summed E-state index contributed by atoms with van der Waals surface area (Å²) in [5.74, 6) is -1.54. The molecule has 1 atom stereocenters. The van der Waals surface area contributed by atoms with Gasteiger partial charge in [0.05, 0.1) is 36.1 Å². The van der Waals surface area contributed by atoms with Crippen LogP contribution >= 0.6 is 34.3 Å². The summed E-state index contributed by atoms with van der Waals surface area (Å²) in [5, 5.41) is 3.18. The first kappa shape index (κ1) is 26.9. The van der Waals surface area contributed by atoms with Crippen LogP contribution in [-0.2, 0) is 37.3 Å². The van der Waals surface area contributed by atoms with E-state index >= 15 is 0 Å². The second-order valence-corrected chi connectivity index (χ2v) is 13.3. The van der Waals surface area contributed by atoms with Crippen molar-refractivity contribution in [2.45, 2.75) is 36.9 Å². The Kier molecular flexibility index (Phi) is 8.25. The Bertz CT molecular complexity index is 1270. The number of ether oxygens (including phenoxy) is 2. The Labute approximate surface area is 222 Å². The predicted octanol–water partition coefficient (Wildman–Crippen LogP) is 3.80. The number of carbonyl (C=O) groups is 3. The number of hydrogen-bond acceptors (Lipinski definition) is 9. The number of sulfonamides is 1. The first-order chi connectivity index (χ1) is 17.1. The maximum Gasteiger partial charge on any atom is 0.410 e. The lowest BCUT2D eigenvalue weighted by Crippen LogP contribution is -2.43. The number of fused-ring (bicyclic) bond motifs is 1. The predicted molar refractivity (Wildman–Crippen MR) is 136 cm³/mol. The number of carbonyl (C=O) groups excluding carboxylic acids is 3. The van der Waals surface area contributed by atoms with E-state index in [0.29, 0.717) is 41.7 Å². The summed E-state index contributed by atoms with van der Waals surface area (Å²) in [6.07, 6.45) is 1.02. The molecule has 1 fully saturated rings. The molecule has 2 aliphatic rings. The molecule has 2 aromatic heterocycles. The van der Waals surface area contributed by atoms with Crippen molar-refractivity contribution in [2.24, 2.45) is 5.92 Å². The molecule has 0 saturated carbocycles. The monoisotopic (exact) mass is 575 g/mol. The van der Waals surface area contributed by atoms with E-state index in [-0.39, 0.29) is 35.4 Å². The lowest BCUT2D eigenvalue weighted by Gasteiger charge is -2.30. The van der Waals surface area contributed by atoms with Crippen LogP contribution in [0, 0.1) is 5.92 Å². The quantitative estimate of drug-likeness (QED) is 0.520. The summed E-state index contributed by atoms with van der Waals surface area (Å²) < 4.78 is 37.9. The molecule has 2 aliphatic heterocycles. The fourth-order valence-electron chi connectivity index (χ4n) is 4.33. The molecule has 4 heterocycles. The Morgan fingerprint density at radius 3 is 2.67 bits per heavy atom. The molecule has 0 bridgehead atoms. The van der Waals surface area contributed by atoms with Gasteiger partial charge in [-0.2, -0.15) is 4.31 Å². The zero-order valence-corrected chi connectivity index (χ0v) is 22.9. The number of esters is 1. The second-order valence-electron chi connectivity index (χ2n) is 8.32. The van der Waals surface area contributed by atoms with Crippen LogP contribution in [-0.4, -0.2) is 68.9 Å². The molecule has 1 N–H and O–H groups in total. The molecule has 4 rings (SSSR count). The van der Waals surface area contributed by atoms with Crippen LogP contribution in [0.25, 0.3) is 0 Å². The minimum Gasteiger partial charge on any atom is -0.465 e. The Hall–Kier alpha value is -2.19. The van der Waals surface area contributed by atoms with Gasteiger partial charge in [0.1, 0.15) is 9.21 Å². The molecule has 196 valence electrons. The zero-order chi connectivity index (χ0) is 26.0. The zero-order valence-electron chi connectivity index (χ0n) is 19.7. The number of anilines is 1. The van der Waals surface area contributed by atoms with Gasteiger partial charge in [0.25, 0.3) is 10.0 Å². The summed E-state index contributed by atoms with van der Waals surface area (Å²) in [7, 11) is -2.49. The molecule has 0 aromatic carbocycles. The summed E-state index contributed by atoms with van der Waals surface area (Å²) in [6.45, 7) is 2.97. The molecule has 1 saturated heterocycles. The molecule has 36 heavy (non-hydrogen) atoms. The van der Waals surface area contributed by atoms with E-state index in [2.05, 4.69) is 5.32 Å². The van der Waals surface area contributed by atoms with Crippen molar-refractivity contribution >= 4 is 67.3 Å². The minimum atomic E-state index is -3.76. The normalized spacial score (nSPS) is 18.4. The number of piperidine rings is 1. The van der Waals surface area contributed by atoms with Crippen molar-refractivity contribution in [3.63, 3.8) is 0 Å². The summed E-state index contributed by atoms with van der Waals surface area (Å²) in [6, 6.07) is 2.99.